The summed E-state index contributed by atoms with van der Waals surface area (Å²) in [5.41, 5.74) is 0.469. The first-order valence-corrected chi connectivity index (χ1v) is 10.9. The molecule has 1 N–H and O–H groups in total. The Kier molecular flexibility index (Phi) is 4.97. The summed E-state index contributed by atoms with van der Waals surface area (Å²) < 4.78 is 25.4. The minimum Gasteiger partial charge on any atom is -0.348 e. The molecule has 142 valence electrons. The van der Waals surface area contributed by atoms with Gasteiger partial charge in [0.25, 0.3) is 5.91 Å². The summed E-state index contributed by atoms with van der Waals surface area (Å²) in [6, 6.07) is 12.4. The van der Waals surface area contributed by atoms with Gasteiger partial charge >= 0.3 is 0 Å². The first kappa shape index (κ1) is 18.5. The highest BCUT2D eigenvalue weighted by Gasteiger charge is 2.35. The molecule has 3 saturated heterocycles. The third kappa shape index (κ3) is 3.74. The van der Waals surface area contributed by atoms with E-state index in [9.17, 15) is 13.2 Å². The lowest BCUT2D eigenvalue weighted by atomic mass is 9.84. The van der Waals surface area contributed by atoms with Crippen molar-refractivity contribution in [3.63, 3.8) is 0 Å². The highest BCUT2D eigenvalue weighted by Crippen LogP contribution is 2.28. The number of amides is 1. The van der Waals surface area contributed by atoms with E-state index in [4.69, 9.17) is 11.6 Å². The quantitative estimate of drug-likeness (QED) is 0.850. The largest absolute Gasteiger partial charge is 0.348 e. The number of piperidine rings is 3. The number of hydrogen-bond donors (Lipinski definition) is 1. The molecule has 0 aliphatic carbocycles. The maximum atomic E-state index is 12.7. The van der Waals surface area contributed by atoms with Gasteiger partial charge in [-0.1, -0.05) is 17.7 Å². The number of hydrogen-bond acceptors (Lipinski definition) is 4. The monoisotopic (exact) mass is 404 g/mol. The Bertz CT molecular complexity index is 951. The van der Waals surface area contributed by atoms with E-state index in [1.54, 1.807) is 24.3 Å². The third-order valence-corrected chi connectivity index (χ3v) is 7.51. The molecule has 3 fully saturated rings. The lowest BCUT2D eigenvalue weighted by molar-refractivity contribution is 0.0620. The zero-order chi connectivity index (χ0) is 19.0. The second kappa shape index (κ2) is 7.26. The number of benzene rings is 2. The van der Waals surface area contributed by atoms with Crippen LogP contribution in [0.25, 0.3) is 0 Å². The molecule has 7 heteroatoms. The third-order valence-electron chi connectivity index (χ3n) is 5.51. The van der Waals surface area contributed by atoms with Gasteiger partial charge in [0.2, 0.25) is 9.84 Å². The molecular formula is C20H21ClN2O3S. The fourth-order valence-electron chi connectivity index (χ4n) is 3.94. The van der Waals surface area contributed by atoms with Gasteiger partial charge in [-0.2, -0.15) is 0 Å². The van der Waals surface area contributed by atoms with Crippen LogP contribution in [-0.2, 0) is 9.84 Å². The standard InChI is InChI=1S/C20H21ClN2O3S/c21-16-2-1-3-18(12-16)27(25,26)17-6-4-15(5-7-17)20(24)22-19-13-23-10-8-14(19)9-11-23/h1-7,12,14,19H,8-11,13H2,(H,22,24)/t19-/m0/s1. The molecule has 0 saturated carbocycles. The summed E-state index contributed by atoms with van der Waals surface area (Å²) in [7, 11) is -3.66. The molecule has 0 spiro atoms. The summed E-state index contributed by atoms with van der Waals surface area (Å²) in [6.07, 6.45) is 2.25. The zero-order valence-electron chi connectivity index (χ0n) is 14.8. The van der Waals surface area contributed by atoms with Crippen LogP contribution in [0.4, 0.5) is 0 Å². The fraction of sp³-hybridized carbons (Fsp3) is 0.350. The molecule has 2 bridgehead atoms. The number of carbonyl (C=O) groups excluding carboxylic acids is 1. The van der Waals surface area contributed by atoms with E-state index in [2.05, 4.69) is 10.2 Å². The predicted octanol–water partition coefficient (Wildman–Crippen LogP) is 3.00. The lowest BCUT2D eigenvalue weighted by Gasteiger charge is -2.44. The number of nitrogens with zero attached hydrogens (tertiary/aromatic N) is 1. The van der Waals surface area contributed by atoms with Crippen molar-refractivity contribution in [2.24, 2.45) is 5.92 Å². The predicted molar refractivity (Wildman–Crippen MR) is 104 cm³/mol. The van der Waals surface area contributed by atoms with Crippen molar-refractivity contribution < 1.29 is 13.2 Å². The highest BCUT2D eigenvalue weighted by molar-refractivity contribution is 7.91. The van der Waals surface area contributed by atoms with E-state index in [0.29, 0.717) is 16.5 Å². The lowest BCUT2D eigenvalue weighted by Crippen LogP contribution is -2.57. The van der Waals surface area contributed by atoms with Gasteiger partial charge in [-0.3, -0.25) is 4.79 Å². The van der Waals surface area contributed by atoms with Crippen LogP contribution in [0.15, 0.2) is 58.3 Å². The van der Waals surface area contributed by atoms with Crippen molar-refractivity contribution >= 4 is 27.3 Å². The average molecular weight is 405 g/mol. The molecular weight excluding hydrogens is 384 g/mol. The van der Waals surface area contributed by atoms with E-state index in [1.165, 1.54) is 24.3 Å². The Hall–Kier alpha value is -1.89. The number of fused-ring (bicyclic) bond motifs is 3. The van der Waals surface area contributed by atoms with Crippen LogP contribution in [0.2, 0.25) is 5.02 Å². The summed E-state index contributed by atoms with van der Waals surface area (Å²) in [6.45, 7) is 3.14. The zero-order valence-corrected chi connectivity index (χ0v) is 16.3. The molecule has 3 heterocycles. The van der Waals surface area contributed by atoms with Crippen LogP contribution in [-0.4, -0.2) is 44.9 Å². The molecule has 1 amide bonds. The summed E-state index contributed by atoms with van der Waals surface area (Å²) in [5.74, 6) is 0.391. The molecule has 2 aromatic carbocycles. The second-order valence-corrected chi connectivity index (χ2v) is 9.59. The summed E-state index contributed by atoms with van der Waals surface area (Å²) in [4.78, 5) is 15.2. The first-order valence-electron chi connectivity index (χ1n) is 9.07. The van der Waals surface area contributed by atoms with Crippen LogP contribution in [0.3, 0.4) is 0 Å². The van der Waals surface area contributed by atoms with Crippen molar-refractivity contribution in [2.45, 2.75) is 28.7 Å². The van der Waals surface area contributed by atoms with Crippen molar-refractivity contribution in [3.05, 3.63) is 59.1 Å². The molecule has 0 radical (unpaired) electrons. The van der Waals surface area contributed by atoms with E-state index >= 15 is 0 Å². The molecule has 3 aliphatic rings. The van der Waals surface area contributed by atoms with Crippen molar-refractivity contribution in [2.75, 3.05) is 19.6 Å². The second-order valence-electron chi connectivity index (χ2n) is 7.20. The minimum atomic E-state index is -3.66. The average Bonchev–Trinajstić information content (AvgIpc) is 2.69. The van der Waals surface area contributed by atoms with Crippen LogP contribution in [0, 0.1) is 5.92 Å². The maximum Gasteiger partial charge on any atom is 0.251 e. The Labute approximate surface area is 164 Å². The molecule has 5 nitrogen and oxygen atoms in total. The normalized spacial score (nSPS) is 24.6. The number of nitrogens with one attached hydrogen (secondary N) is 1. The number of rotatable bonds is 4. The Balaban J connectivity index is 1.49. The van der Waals surface area contributed by atoms with Gasteiger partial charge in [-0.25, -0.2) is 8.42 Å². The van der Waals surface area contributed by atoms with E-state index < -0.39 is 9.84 Å². The van der Waals surface area contributed by atoms with Crippen LogP contribution in [0.5, 0.6) is 0 Å². The Morgan fingerprint density at radius 3 is 2.33 bits per heavy atom. The summed E-state index contributed by atoms with van der Waals surface area (Å²) in [5, 5.41) is 3.48. The van der Waals surface area contributed by atoms with Gasteiger partial charge in [0.05, 0.1) is 9.79 Å². The van der Waals surface area contributed by atoms with Crippen LogP contribution < -0.4 is 5.32 Å². The Morgan fingerprint density at radius 2 is 1.74 bits per heavy atom. The Morgan fingerprint density at radius 1 is 1.04 bits per heavy atom. The number of sulfone groups is 1. The van der Waals surface area contributed by atoms with Gasteiger partial charge in [0.1, 0.15) is 0 Å². The molecule has 3 aliphatic heterocycles. The number of carbonyl (C=O) groups is 1. The minimum absolute atomic E-state index is 0.138. The van der Waals surface area contributed by atoms with Crippen LogP contribution in [0.1, 0.15) is 23.2 Å². The maximum absolute atomic E-state index is 12.7. The van der Waals surface area contributed by atoms with E-state index in [1.807, 2.05) is 0 Å². The smallest absolute Gasteiger partial charge is 0.251 e. The van der Waals surface area contributed by atoms with Gasteiger partial charge < -0.3 is 10.2 Å². The van der Waals surface area contributed by atoms with Crippen LogP contribution >= 0.6 is 11.6 Å². The van der Waals surface area contributed by atoms with Crippen molar-refractivity contribution in [1.82, 2.24) is 10.2 Å². The van der Waals surface area contributed by atoms with Gasteiger partial charge in [-0.05, 0) is 74.3 Å². The number of halogens is 1. The van der Waals surface area contributed by atoms with Crippen molar-refractivity contribution in [1.29, 1.82) is 0 Å². The molecule has 27 heavy (non-hydrogen) atoms. The van der Waals surface area contributed by atoms with E-state index in [-0.39, 0.29) is 21.7 Å². The first-order chi connectivity index (χ1) is 12.9. The summed E-state index contributed by atoms with van der Waals surface area (Å²) >= 11 is 5.90. The molecule has 0 unspecified atom stereocenters. The SMILES string of the molecule is O=C(N[C@H]1CN2CCC1CC2)c1ccc(S(=O)(=O)c2cccc(Cl)c2)cc1. The molecule has 5 rings (SSSR count). The van der Waals surface area contributed by atoms with Gasteiger partial charge in [0.15, 0.2) is 0 Å². The van der Waals surface area contributed by atoms with Gasteiger partial charge in [0, 0.05) is 23.2 Å². The molecule has 1 atom stereocenters. The van der Waals surface area contributed by atoms with Crippen molar-refractivity contribution in [3.8, 4) is 0 Å². The highest BCUT2D eigenvalue weighted by atomic mass is 35.5. The topological polar surface area (TPSA) is 66.5 Å². The fourth-order valence-corrected chi connectivity index (χ4v) is 5.50. The van der Waals surface area contributed by atoms with Gasteiger partial charge in [-0.15, -0.1) is 0 Å². The van der Waals surface area contributed by atoms with E-state index in [0.717, 1.165) is 32.5 Å². The molecule has 2 aromatic rings. The molecule has 0 aromatic heterocycles.